The first-order chi connectivity index (χ1) is 14.0. The van der Waals surface area contributed by atoms with Crippen LogP contribution >= 0.6 is 11.3 Å². The lowest BCUT2D eigenvalue weighted by molar-refractivity contribution is 0.0988. The van der Waals surface area contributed by atoms with Gasteiger partial charge in [0.05, 0.1) is 0 Å². The average Bonchev–Trinajstić information content (AvgIpc) is 3.20. The molecule has 1 saturated carbocycles. The minimum Gasteiger partial charge on any atom is -0.328 e. The first-order valence-corrected chi connectivity index (χ1v) is 10.8. The van der Waals surface area contributed by atoms with Crippen molar-refractivity contribution in [2.75, 3.05) is 0 Å². The summed E-state index contributed by atoms with van der Waals surface area (Å²) < 4.78 is 14.2. The number of halogens is 1. The Bertz CT molecular complexity index is 1030. The fourth-order valence-electron chi connectivity index (χ4n) is 4.09. The van der Waals surface area contributed by atoms with E-state index in [-0.39, 0.29) is 24.1 Å². The minimum atomic E-state index is -0.327. The Hall–Kier alpha value is -2.44. The lowest BCUT2D eigenvalue weighted by Crippen LogP contribution is -2.27. The predicted molar refractivity (Wildman–Crippen MR) is 114 cm³/mol. The second-order valence-corrected chi connectivity index (χ2v) is 8.68. The Morgan fingerprint density at radius 3 is 3.00 bits per heavy atom. The van der Waals surface area contributed by atoms with Gasteiger partial charge in [0, 0.05) is 35.8 Å². The molecule has 6 heteroatoms. The number of carbonyl (C=O) groups excluding carboxylic acids is 1. The maximum Gasteiger partial charge on any atom is 0.186 e. The summed E-state index contributed by atoms with van der Waals surface area (Å²) in [5, 5.41) is 2.24. The monoisotopic (exact) mass is 409 g/mol. The van der Waals surface area contributed by atoms with Crippen LogP contribution in [0.2, 0.25) is 0 Å². The van der Waals surface area contributed by atoms with Gasteiger partial charge in [0.25, 0.3) is 0 Å². The van der Waals surface area contributed by atoms with Gasteiger partial charge in [-0.3, -0.25) is 9.78 Å². The zero-order chi connectivity index (χ0) is 20.4. The zero-order valence-corrected chi connectivity index (χ0v) is 17.2. The molecule has 150 valence electrons. The molecule has 4 rings (SSSR count). The summed E-state index contributed by atoms with van der Waals surface area (Å²) in [5.41, 5.74) is 10.0. The van der Waals surface area contributed by atoms with Crippen molar-refractivity contribution in [1.82, 2.24) is 9.97 Å². The van der Waals surface area contributed by atoms with Gasteiger partial charge in [-0.1, -0.05) is 18.1 Å². The second-order valence-electron chi connectivity index (χ2n) is 7.82. The molecule has 3 aromatic rings. The van der Waals surface area contributed by atoms with Crippen molar-refractivity contribution in [2.24, 2.45) is 5.73 Å². The summed E-state index contributed by atoms with van der Waals surface area (Å²) in [6, 6.07) is 7.15. The van der Waals surface area contributed by atoms with Crippen molar-refractivity contribution >= 4 is 17.1 Å². The van der Waals surface area contributed by atoms with Gasteiger partial charge in [-0.05, 0) is 61.4 Å². The number of aryl methyl sites for hydroxylation is 1. The van der Waals surface area contributed by atoms with Crippen molar-refractivity contribution in [1.29, 1.82) is 0 Å². The van der Waals surface area contributed by atoms with Crippen LogP contribution in [0, 0.1) is 12.7 Å². The third-order valence-electron chi connectivity index (χ3n) is 5.59. The molecule has 4 nitrogen and oxygen atoms in total. The molecule has 2 N–H and O–H groups in total. The van der Waals surface area contributed by atoms with Gasteiger partial charge in [-0.2, -0.15) is 0 Å². The van der Waals surface area contributed by atoms with Gasteiger partial charge in [0.1, 0.15) is 16.5 Å². The zero-order valence-electron chi connectivity index (χ0n) is 16.4. The molecule has 0 aliphatic heterocycles. The van der Waals surface area contributed by atoms with Crippen LogP contribution in [0.1, 0.15) is 58.8 Å². The quantitative estimate of drug-likeness (QED) is 0.598. The van der Waals surface area contributed by atoms with Crippen LogP contribution in [-0.2, 0) is 6.42 Å². The van der Waals surface area contributed by atoms with Gasteiger partial charge in [0.15, 0.2) is 5.78 Å². The van der Waals surface area contributed by atoms with E-state index >= 15 is 0 Å². The van der Waals surface area contributed by atoms with E-state index in [0.29, 0.717) is 22.2 Å². The largest absolute Gasteiger partial charge is 0.328 e. The molecule has 1 aliphatic rings. The molecule has 1 aliphatic carbocycles. The van der Waals surface area contributed by atoms with Crippen molar-refractivity contribution in [3.8, 4) is 10.6 Å². The molecule has 0 unspecified atom stereocenters. The van der Waals surface area contributed by atoms with E-state index in [4.69, 9.17) is 5.73 Å². The van der Waals surface area contributed by atoms with Crippen molar-refractivity contribution in [2.45, 2.75) is 51.0 Å². The van der Waals surface area contributed by atoms with Crippen LogP contribution in [-0.4, -0.2) is 21.8 Å². The predicted octanol–water partition coefficient (Wildman–Crippen LogP) is 5.06. The topological polar surface area (TPSA) is 68.9 Å². The lowest BCUT2D eigenvalue weighted by atomic mass is 9.80. The number of hydrogen-bond donors (Lipinski definition) is 1. The minimum absolute atomic E-state index is 0.0741. The number of pyridine rings is 1. The number of nitrogens with zero attached hydrogens (tertiary/aromatic N) is 2. The summed E-state index contributed by atoms with van der Waals surface area (Å²) >= 11 is 1.29. The lowest BCUT2D eigenvalue weighted by Gasteiger charge is -2.28. The Kier molecular flexibility index (Phi) is 5.83. The van der Waals surface area contributed by atoms with Gasteiger partial charge < -0.3 is 5.73 Å². The van der Waals surface area contributed by atoms with E-state index in [9.17, 15) is 9.18 Å². The smallest absolute Gasteiger partial charge is 0.186 e. The number of thiazole rings is 1. The summed E-state index contributed by atoms with van der Waals surface area (Å²) in [5.74, 6) is -0.0287. The van der Waals surface area contributed by atoms with E-state index in [1.54, 1.807) is 29.9 Å². The number of ketones is 1. The highest BCUT2D eigenvalue weighted by atomic mass is 32.1. The van der Waals surface area contributed by atoms with Gasteiger partial charge in [0.2, 0.25) is 0 Å². The van der Waals surface area contributed by atoms with Gasteiger partial charge in [-0.25, -0.2) is 9.37 Å². The average molecular weight is 410 g/mol. The maximum absolute atomic E-state index is 14.2. The van der Waals surface area contributed by atoms with E-state index in [1.165, 1.54) is 23.0 Å². The molecule has 0 amide bonds. The summed E-state index contributed by atoms with van der Waals surface area (Å²) in [6.07, 6.45) is 8.01. The Labute approximate surface area is 174 Å². The molecule has 0 bridgehead atoms. The standard InChI is InChI=1S/C23H24FN3OS/c1-14-5-6-20(24)19(9-14)23-27-21(13-29-23)22(28)11-16-12-26-8-7-18(16)15-3-2-4-17(25)10-15/h5-9,12-13,15,17H,2-4,10-11,25H2,1H3/t15-,17+/m1/s1. The Morgan fingerprint density at radius 1 is 1.31 bits per heavy atom. The Balaban J connectivity index is 1.55. The number of nitrogens with two attached hydrogens (primary N) is 1. The third-order valence-corrected chi connectivity index (χ3v) is 6.46. The second kappa shape index (κ2) is 8.51. The van der Waals surface area contributed by atoms with Crippen LogP contribution in [0.5, 0.6) is 0 Å². The van der Waals surface area contributed by atoms with Crippen LogP contribution in [0.3, 0.4) is 0 Å². The van der Waals surface area contributed by atoms with E-state index in [0.717, 1.165) is 36.8 Å². The maximum atomic E-state index is 14.2. The highest BCUT2D eigenvalue weighted by Crippen LogP contribution is 2.34. The highest BCUT2D eigenvalue weighted by Gasteiger charge is 2.24. The van der Waals surface area contributed by atoms with E-state index in [2.05, 4.69) is 9.97 Å². The fraction of sp³-hybridized carbons (Fsp3) is 0.348. The molecule has 1 fully saturated rings. The highest BCUT2D eigenvalue weighted by molar-refractivity contribution is 7.13. The summed E-state index contributed by atoms with van der Waals surface area (Å²) in [4.78, 5) is 21.6. The number of rotatable bonds is 5. The van der Waals surface area contributed by atoms with E-state index in [1.807, 2.05) is 13.0 Å². The molecule has 0 saturated heterocycles. The number of hydrogen-bond acceptors (Lipinski definition) is 5. The summed E-state index contributed by atoms with van der Waals surface area (Å²) in [6.45, 7) is 1.91. The molecule has 0 radical (unpaired) electrons. The van der Waals surface area contributed by atoms with Gasteiger partial charge in [-0.15, -0.1) is 11.3 Å². The molecule has 0 spiro atoms. The van der Waals surface area contributed by atoms with Crippen LogP contribution in [0.15, 0.2) is 42.0 Å². The number of aromatic nitrogens is 2. The molecular weight excluding hydrogens is 385 g/mol. The van der Waals surface area contributed by atoms with Gasteiger partial charge >= 0.3 is 0 Å². The number of carbonyl (C=O) groups is 1. The third kappa shape index (κ3) is 4.43. The van der Waals surface area contributed by atoms with Crippen molar-refractivity contribution < 1.29 is 9.18 Å². The first-order valence-electron chi connectivity index (χ1n) is 9.95. The van der Waals surface area contributed by atoms with Crippen LogP contribution < -0.4 is 5.73 Å². The Morgan fingerprint density at radius 2 is 2.17 bits per heavy atom. The van der Waals surface area contributed by atoms with Crippen molar-refractivity contribution in [3.63, 3.8) is 0 Å². The molecular formula is C23H24FN3OS. The molecule has 1 aromatic carbocycles. The molecule has 2 aromatic heterocycles. The van der Waals surface area contributed by atoms with Crippen molar-refractivity contribution in [3.05, 3.63) is 70.2 Å². The van der Waals surface area contributed by atoms with E-state index < -0.39 is 0 Å². The number of benzene rings is 1. The first kappa shape index (κ1) is 19.9. The van der Waals surface area contributed by atoms with Crippen LogP contribution in [0.4, 0.5) is 4.39 Å². The number of Topliss-reactive ketones (excluding diaryl/α,β-unsaturated/α-hetero) is 1. The SMILES string of the molecule is Cc1ccc(F)c(-c2nc(C(=O)Cc3cnccc3[C@@H]3CCC[C@H](N)C3)cs2)c1. The van der Waals surface area contributed by atoms with Crippen LogP contribution in [0.25, 0.3) is 10.6 Å². The fourth-order valence-corrected chi connectivity index (χ4v) is 4.93. The molecule has 29 heavy (non-hydrogen) atoms. The molecule has 2 atom stereocenters. The normalized spacial score (nSPS) is 19.3. The summed E-state index contributed by atoms with van der Waals surface area (Å²) in [7, 11) is 0. The molecule has 2 heterocycles.